The zero-order valence-electron chi connectivity index (χ0n) is 19.8. The number of nitrogens with one attached hydrogen (secondary N) is 1. The molecule has 8 nitrogen and oxygen atoms in total. The number of carbonyl (C=O) groups is 3. The third-order valence-corrected chi connectivity index (χ3v) is 6.46. The Bertz CT molecular complexity index is 1140. The number of urea groups is 1. The monoisotopic (exact) mass is 503 g/mol. The lowest BCUT2D eigenvalue weighted by molar-refractivity contribution is -0.166. The molecular weight excluding hydrogens is 475 g/mol. The van der Waals surface area contributed by atoms with E-state index in [0.29, 0.717) is 17.7 Å². The quantitative estimate of drug-likeness (QED) is 0.655. The molecule has 2 heterocycles. The third kappa shape index (κ3) is 5.30. The van der Waals surface area contributed by atoms with Crippen LogP contribution < -0.4 is 11.1 Å². The van der Waals surface area contributed by atoms with Crippen molar-refractivity contribution in [3.8, 4) is 0 Å². The number of aryl methyl sites for hydroxylation is 1. The van der Waals surface area contributed by atoms with Crippen LogP contribution in [0, 0.1) is 6.92 Å². The van der Waals surface area contributed by atoms with Gasteiger partial charge in [-0.15, -0.1) is 0 Å². The number of alkyl halides is 3. The van der Waals surface area contributed by atoms with Gasteiger partial charge in [0.1, 0.15) is 12.2 Å². The van der Waals surface area contributed by atoms with E-state index < -0.39 is 30.0 Å². The molecule has 0 saturated carbocycles. The summed E-state index contributed by atoms with van der Waals surface area (Å²) in [5.41, 5.74) is 6.74. The van der Waals surface area contributed by atoms with E-state index in [9.17, 15) is 27.6 Å². The highest BCUT2D eigenvalue weighted by molar-refractivity contribution is 5.91. The lowest BCUT2D eigenvalue weighted by Gasteiger charge is -2.52. The number of hydrogen-bond donors (Lipinski definition) is 2. The van der Waals surface area contributed by atoms with E-state index >= 15 is 0 Å². The summed E-state index contributed by atoms with van der Waals surface area (Å²) in [6.45, 7) is 1.87. The number of rotatable bonds is 5. The molecule has 36 heavy (non-hydrogen) atoms. The minimum atomic E-state index is -4.49. The molecule has 0 spiro atoms. The maximum Gasteiger partial charge on any atom is 0.416 e. The predicted molar refractivity (Wildman–Crippen MR) is 125 cm³/mol. The van der Waals surface area contributed by atoms with Gasteiger partial charge in [-0.2, -0.15) is 13.2 Å². The second-order valence-electron chi connectivity index (χ2n) is 9.04. The zero-order chi connectivity index (χ0) is 26.0. The highest BCUT2D eigenvalue weighted by Crippen LogP contribution is 2.31. The summed E-state index contributed by atoms with van der Waals surface area (Å²) < 4.78 is 39.5. The minimum Gasteiger partial charge on any atom is -0.334 e. The van der Waals surface area contributed by atoms with Crippen molar-refractivity contribution in [2.45, 2.75) is 44.8 Å². The van der Waals surface area contributed by atoms with Crippen molar-refractivity contribution in [3.05, 3.63) is 70.8 Å². The molecule has 2 aromatic carbocycles. The summed E-state index contributed by atoms with van der Waals surface area (Å²) in [7, 11) is 0. The van der Waals surface area contributed by atoms with Gasteiger partial charge in [-0.1, -0.05) is 42.0 Å². The van der Waals surface area contributed by atoms with Crippen molar-refractivity contribution in [1.29, 1.82) is 0 Å². The third-order valence-electron chi connectivity index (χ3n) is 6.46. The lowest BCUT2D eigenvalue weighted by atomic mass is 10.0. The van der Waals surface area contributed by atoms with Crippen LogP contribution in [0.25, 0.3) is 0 Å². The smallest absolute Gasteiger partial charge is 0.334 e. The first-order valence-corrected chi connectivity index (χ1v) is 11.6. The summed E-state index contributed by atoms with van der Waals surface area (Å²) in [6.07, 6.45) is -5.20. The van der Waals surface area contributed by atoms with Crippen molar-refractivity contribution in [2.24, 2.45) is 5.73 Å². The highest BCUT2D eigenvalue weighted by atomic mass is 19.4. The van der Waals surface area contributed by atoms with E-state index in [0.717, 1.165) is 17.7 Å². The van der Waals surface area contributed by atoms with Crippen LogP contribution in [0.15, 0.2) is 48.5 Å². The molecule has 0 bridgehead atoms. The Labute approximate surface area is 206 Å². The van der Waals surface area contributed by atoms with Gasteiger partial charge in [0.15, 0.2) is 0 Å². The maximum atomic E-state index is 13.2. The molecular formula is C25H28F3N5O3. The molecule has 0 aromatic heterocycles. The number of benzene rings is 2. The molecule has 2 saturated heterocycles. The van der Waals surface area contributed by atoms with E-state index in [1.807, 2.05) is 30.3 Å². The largest absolute Gasteiger partial charge is 0.416 e. The van der Waals surface area contributed by atoms with E-state index in [2.05, 4.69) is 5.32 Å². The Morgan fingerprint density at radius 1 is 1.11 bits per heavy atom. The Hall–Kier alpha value is -3.60. The number of nitrogens with two attached hydrogens (primary N) is 1. The SMILES string of the molecule is Cc1cc(CNC(=O)N2CCC(=O)N3[C@@H]2CN(Cc2ccccc2)C(=O)[C@@H]3CN)cc(C(F)(F)F)c1. The highest BCUT2D eigenvalue weighted by Gasteiger charge is 2.48. The average molecular weight is 504 g/mol. The summed E-state index contributed by atoms with van der Waals surface area (Å²) in [5, 5.41) is 2.68. The van der Waals surface area contributed by atoms with Gasteiger partial charge in [0, 0.05) is 32.6 Å². The molecule has 11 heteroatoms. The fourth-order valence-corrected chi connectivity index (χ4v) is 4.80. The topological polar surface area (TPSA) is 99.0 Å². The first kappa shape index (κ1) is 25.5. The molecule has 0 unspecified atom stereocenters. The molecule has 3 N–H and O–H groups in total. The molecule has 2 atom stereocenters. The Morgan fingerprint density at radius 3 is 2.50 bits per heavy atom. The Kier molecular flexibility index (Phi) is 7.21. The first-order valence-electron chi connectivity index (χ1n) is 11.6. The van der Waals surface area contributed by atoms with Gasteiger partial charge in [-0.3, -0.25) is 9.59 Å². The normalized spacial score (nSPS) is 20.4. The summed E-state index contributed by atoms with van der Waals surface area (Å²) in [4.78, 5) is 43.5. The number of piperazine rings is 1. The van der Waals surface area contributed by atoms with E-state index in [1.54, 1.807) is 17.9 Å². The Morgan fingerprint density at radius 2 is 1.83 bits per heavy atom. The van der Waals surface area contributed by atoms with E-state index in [1.165, 1.54) is 9.80 Å². The molecule has 2 aliphatic rings. The number of fused-ring (bicyclic) bond motifs is 1. The van der Waals surface area contributed by atoms with Gasteiger partial charge in [-0.05, 0) is 30.2 Å². The molecule has 192 valence electrons. The summed E-state index contributed by atoms with van der Waals surface area (Å²) in [6, 6.07) is 11.5. The van der Waals surface area contributed by atoms with Crippen LogP contribution in [0.3, 0.4) is 0 Å². The number of halogens is 3. The molecule has 0 aliphatic carbocycles. The Balaban J connectivity index is 1.52. The van der Waals surface area contributed by atoms with Gasteiger partial charge in [0.2, 0.25) is 11.8 Å². The second-order valence-corrected chi connectivity index (χ2v) is 9.04. The summed E-state index contributed by atoms with van der Waals surface area (Å²) >= 11 is 0. The van der Waals surface area contributed by atoms with Gasteiger partial charge >= 0.3 is 12.2 Å². The fraction of sp³-hybridized carbons (Fsp3) is 0.400. The molecule has 2 aliphatic heterocycles. The van der Waals surface area contributed by atoms with Crippen LogP contribution in [-0.4, -0.2) is 64.4 Å². The second kappa shape index (κ2) is 10.2. The molecule has 2 fully saturated rings. The van der Waals surface area contributed by atoms with Crippen LogP contribution in [-0.2, 0) is 28.9 Å². The van der Waals surface area contributed by atoms with Crippen molar-refractivity contribution in [1.82, 2.24) is 20.0 Å². The fourth-order valence-electron chi connectivity index (χ4n) is 4.80. The molecule has 4 rings (SSSR count). The van der Waals surface area contributed by atoms with E-state index in [4.69, 9.17) is 5.73 Å². The lowest BCUT2D eigenvalue weighted by Crippen LogP contribution is -2.73. The van der Waals surface area contributed by atoms with Crippen molar-refractivity contribution in [3.63, 3.8) is 0 Å². The van der Waals surface area contributed by atoms with Crippen LogP contribution in [0.4, 0.5) is 18.0 Å². The first-order chi connectivity index (χ1) is 17.1. The number of amides is 4. The van der Waals surface area contributed by atoms with Crippen molar-refractivity contribution in [2.75, 3.05) is 19.6 Å². The van der Waals surface area contributed by atoms with Crippen LogP contribution >= 0.6 is 0 Å². The zero-order valence-corrected chi connectivity index (χ0v) is 19.8. The predicted octanol–water partition coefficient (Wildman–Crippen LogP) is 2.45. The van der Waals surface area contributed by atoms with Gasteiger partial charge in [0.05, 0.1) is 12.1 Å². The van der Waals surface area contributed by atoms with E-state index in [-0.39, 0.29) is 44.4 Å². The van der Waals surface area contributed by atoms with Gasteiger partial charge in [-0.25, -0.2) is 4.79 Å². The number of nitrogens with zero attached hydrogens (tertiary/aromatic N) is 3. The van der Waals surface area contributed by atoms with Crippen molar-refractivity contribution < 1.29 is 27.6 Å². The van der Waals surface area contributed by atoms with Gasteiger partial charge in [0.25, 0.3) is 0 Å². The minimum absolute atomic E-state index is 0.0229. The van der Waals surface area contributed by atoms with Crippen LogP contribution in [0.2, 0.25) is 0 Å². The molecule has 2 aromatic rings. The maximum absolute atomic E-state index is 13.2. The molecule has 4 amide bonds. The van der Waals surface area contributed by atoms with Crippen LogP contribution in [0.5, 0.6) is 0 Å². The number of carbonyl (C=O) groups excluding carboxylic acids is 3. The standard InChI is InChI=1S/C25H28F3N5O3/c1-16-9-18(11-19(10-16)25(26,27)28)13-30-24(36)32-8-7-22(34)33-20(12-29)23(35)31(15-21(32)33)14-17-5-3-2-4-6-17/h2-6,9-11,20-21H,7-8,12-15,29H2,1H3,(H,30,36)/t20-,21+/m0/s1. The number of hydrogen-bond acceptors (Lipinski definition) is 4. The van der Waals surface area contributed by atoms with Gasteiger partial charge < -0.3 is 25.8 Å². The average Bonchev–Trinajstić information content (AvgIpc) is 2.83. The summed E-state index contributed by atoms with van der Waals surface area (Å²) in [5.74, 6) is -0.548. The van der Waals surface area contributed by atoms with Crippen molar-refractivity contribution >= 4 is 17.8 Å². The molecule has 0 radical (unpaired) electrons. The van der Waals surface area contributed by atoms with Crippen LogP contribution in [0.1, 0.15) is 28.7 Å².